The number of carbonyl (C=O) groups excluding carboxylic acids is 3. The van der Waals surface area contributed by atoms with Gasteiger partial charge >= 0.3 is 12.0 Å². The van der Waals surface area contributed by atoms with Crippen LogP contribution in [-0.2, 0) is 16.0 Å². The van der Waals surface area contributed by atoms with Gasteiger partial charge in [0.1, 0.15) is 0 Å². The molecule has 156 valence electrons. The van der Waals surface area contributed by atoms with Gasteiger partial charge in [0.25, 0.3) is 5.91 Å². The normalized spacial score (nSPS) is 10.2. The van der Waals surface area contributed by atoms with E-state index in [0.717, 1.165) is 4.88 Å². The Morgan fingerprint density at radius 1 is 1.24 bits per heavy atom. The molecule has 0 saturated carbocycles. The fourth-order valence-electron chi connectivity index (χ4n) is 2.30. The number of amides is 3. The van der Waals surface area contributed by atoms with Crippen LogP contribution in [0, 0.1) is 0 Å². The molecule has 3 amide bonds. The summed E-state index contributed by atoms with van der Waals surface area (Å²) in [6, 6.07) is 5.97. The Hall–Kier alpha value is -2.78. The molecule has 0 bridgehead atoms. The molecule has 0 aliphatic heterocycles. The van der Waals surface area contributed by atoms with Crippen LogP contribution in [0.3, 0.4) is 0 Å². The van der Waals surface area contributed by atoms with E-state index in [1.54, 1.807) is 18.3 Å². The summed E-state index contributed by atoms with van der Waals surface area (Å²) >= 11 is 7.69. The van der Waals surface area contributed by atoms with Gasteiger partial charge in [-0.15, -0.1) is 11.3 Å². The molecule has 0 unspecified atom stereocenters. The Kier molecular flexibility index (Phi) is 8.75. The maximum absolute atomic E-state index is 12.2. The molecule has 2 aromatic rings. The Bertz CT molecular complexity index is 857. The predicted molar refractivity (Wildman–Crippen MR) is 109 cm³/mol. The first-order valence-electron chi connectivity index (χ1n) is 8.72. The quantitative estimate of drug-likeness (QED) is 0.581. The largest absolute Gasteiger partial charge is 0.493 e. The van der Waals surface area contributed by atoms with E-state index in [0.29, 0.717) is 25.3 Å². The maximum atomic E-state index is 12.2. The van der Waals surface area contributed by atoms with Crippen LogP contribution in [0.25, 0.3) is 0 Å². The molecular formula is C19H21ClN2O6S. The van der Waals surface area contributed by atoms with Gasteiger partial charge in [0.2, 0.25) is 0 Å². The van der Waals surface area contributed by atoms with Crippen LogP contribution >= 0.6 is 22.9 Å². The second-order valence-corrected chi connectivity index (χ2v) is 7.07. The van der Waals surface area contributed by atoms with Crippen molar-refractivity contribution in [2.75, 3.05) is 26.9 Å². The molecule has 0 aliphatic rings. The lowest BCUT2D eigenvalue weighted by atomic mass is 10.2. The molecule has 0 radical (unpaired) electrons. The van der Waals surface area contributed by atoms with Crippen LogP contribution in [0.4, 0.5) is 4.79 Å². The Labute approximate surface area is 177 Å². The highest BCUT2D eigenvalue weighted by atomic mass is 35.5. The number of hydrogen-bond acceptors (Lipinski definition) is 7. The zero-order valence-electron chi connectivity index (χ0n) is 16.0. The van der Waals surface area contributed by atoms with Gasteiger partial charge in [0.05, 0.1) is 24.3 Å². The monoisotopic (exact) mass is 440 g/mol. The number of methoxy groups -OCH3 is 1. The van der Waals surface area contributed by atoms with Gasteiger partial charge in [-0.2, -0.15) is 0 Å². The lowest BCUT2D eigenvalue weighted by Crippen LogP contribution is -2.42. The van der Waals surface area contributed by atoms with Crippen LogP contribution in [0.5, 0.6) is 11.5 Å². The second-order valence-electron chi connectivity index (χ2n) is 5.63. The predicted octanol–water partition coefficient (Wildman–Crippen LogP) is 3.03. The number of rotatable bonds is 9. The third kappa shape index (κ3) is 6.95. The van der Waals surface area contributed by atoms with Crippen LogP contribution in [0.15, 0.2) is 29.6 Å². The zero-order chi connectivity index (χ0) is 21.2. The summed E-state index contributed by atoms with van der Waals surface area (Å²) in [5.41, 5.74) is 0.0866. The molecule has 1 aromatic heterocycles. The Morgan fingerprint density at radius 3 is 2.69 bits per heavy atom. The van der Waals surface area contributed by atoms with Crippen molar-refractivity contribution in [1.29, 1.82) is 0 Å². The number of carbonyl (C=O) groups is 3. The third-order valence-electron chi connectivity index (χ3n) is 3.58. The first kappa shape index (κ1) is 22.5. The maximum Gasteiger partial charge on any atom is 0.338 e. The topological polar surface area (TPSA) is 103 Å². The first-order chi connectivity index (χ1) is 13.9. The van der Waals surface area contributed by atoms with Gasteiger partial charge in [-0.3, -0.25) is 10.1 Å². The van der Waals surface area contributed by atoms with E-state index in [4.69, 9.17) is 25.8 Å². The van der Waals surface area contributed by atoms with Crippen LogP contribution in [-0.4, -0.2) is 44.8 Å². The van der Waals surface area contributed by atoms with Gasteiger partial charge in [0.15, 0.2) is 18.1 Å². The standard InChI is InChI=1S/C19H21ClN2O6S/c1-3-27-17-14(20)9-12(10-15(17)26-2)18(24)28-11-16(23)22-19(25)21-7-6-13-5-4-8-29-13/h4-5,8-10H,3,6-7,11H2,1-2H3,(H2,21,22,23,25). The van der Waals surface area contributed by atoms with Crippen molar-refractivity contribution in [2.24, 2.45) is 0 Å². The highest BCUT2D eigenvalue weighted by Crippen LogP contribution is 2.36. The van der Waals surface area contributed by atoms with Crippen molar-refractivity contribution < 1.29 is 28.6 Å². The van der Waals surface area contributed by atoms with Gasteiger partial charge in [-0.1, -0.05) is 17.7 Å². The van der Waals surface area contributed by atoms with E-state index in [9.17, 15) is 14.4 Å². The van der Waals surface area contributed by atoms with Crippen molar-refractivity contribution in [3.8, 4) is 11.5 Å². The van der Waals surface area contributed by atoms with Crippen molar-refractivity contribution in [1.82, 2.24) is 10.6 Å². The average molecular weight is 441 g/mol. The summed E-state index contributed by atoms with van der Waals surface area (Å²) in [5.74, 6) is -0.969. The zero-order valence-corrected chi connectivity index (χ0v) is 17.5. The highest BCUT2D eigenvalue weighted by Gasteiger charge is 2.18. The molecule has 0 saturated heterocycles. The molecule has 2 rings (SSSR count). The molecule has 1 heterocycles. The molecule has 1 aromatic carbocycles. The van der Waals surface area contributed by atoms with Crippen molar-refractivity contribution in [3.05, 3.63) is 45.1 Å². The SMILES string of the molecule is CCOc1c(Cl)cc(C(=O)OCC(=O)NC(=O)NCCc2cccs2)cc1OC. The number of hydrogen-bond donors (Lipinski definition) is 2. The van der Waals surface area contributed by atoms with Crippen LogP contribution < -0.4 is 20.1 Å². The number of imide groups is 1. The number of ether oxygens (including phenoxy) is 3. The smallest absolute Gasteiger partial charge is 0.338 e. The molecule has 2 N–H and O–H groups in total. The number of nitrogens with one attached hydrogen (secondary N) is 2. The minimum absolute atomic E-state index is 0.0866. The van der Waals surface area contributed by atoms with Gasteiger partial charge in [-0.25, -0.2) is 9.59 Å². The van der Waals surface area contributed by atoms with E-state index in [2.05, 4.69) is 10.6 Å². The summed E-state index contributed by atoms with van der Waals surface area (Å²) in [5, 5.41) is 6.77. The van der Waals surface area contributed by atoms with E-state index >= 15 is 0 Å². The molecule has 0 aliphatic carbocycles. The second kappa shape index (κ2) is 11.3. The summed E-state index contributed by atoms with van der Waals surface area (Å²) in [6.07, 6.45) is 0.661. The van der Waals surface area contributed by atoms with E-state index in [1.807, 2.05) is 17.5 Å². The molecular weight excluding hydrogens is 420 g/mol. The lowest BCUT2D eigenvalue weighted by molar-refractivity contribution is -0.123. The molecule has 0 spiro atoms. The van der Waals surface area contributed by atoms with E-state index in [1.165, 1.54) is 19.2 Å². The lowest BCUT2D eigenvalue weighted by Gasteiger charge is -2.13. The van der Waals surface area contributed by atoms with E-state index in [-0.39, 0.29) is 16.3 Å². The molecule has 0 atom stereocenters. The third-order valence-corrected chi connectivity index (χ3v) is 4.80. The number of benzene rings is 1. The number of halogens is 1. The Morgan fingerprint density at radius 2 is 2.03 bits per heavy atom. The van der Waals surface area contributed by atoms with Gasteiger partial charge in [0, 0.05) is 11.4 Å². The van der Waals surface area contributed by atoms with E-state index < -0.39 is 24.5 Å². The van der Waals surface area contributed by atoms with Crippen molar-refractivity contribution >= 4 is 40.8 Å². The van der Waals surface area contributed by atoms with Crippen LogP contribution in [0.1, 0.15) is 22.2 Å². The summed E-state index contributed by atoms with van der Waals surface area (Å²) in [7, 11) is 1.41. The minimum Gasteiger partial charge on any atom is -0.493 e. The van der Waals surface area contributed by atoms with Crippen molar-refractivity contribution in [3.63, 3.8) is 0 Å². The first-order valence-corrected chi connectivity index (χ1v) is 9.97. The average Bonchev–Trinajstić information content (AvgIpc) is 3.21. The number of esters is 1. The van der Waals surface area contributed by atoms with Crippen LogP contribution in [0.2, 0.25) is 5.02 Å². The summed E-state index contributed by atoms with van der Waals surface area (Å²) in [4.78, 5) is 36.8. The fourth-order valence-corrected chi connectivity index (χ4v) is 3.27. The van der Waals surface area contributed by atoms with Gasteiger partial charge < -0.3 is 19.5 Å². The summed E-state index contributed by atoms with van der Waals surface area (Å²) < 4.78 is 15.5. The van der Waals surface area contributed by atoms with Crippen molar-refractivity contribution in [2.45, 2.75) is 13.3 Å². The fraction of sp³-hybridized carbons (Fsp3) is 0.316. The minimum atomic E-state index is -0.790. The highest BCUT2D eigenvalue weighted by molar-refractivity contribution is 7.09. The molecule has 0 fully saturated rings. The molecule has 29 heavy (non-hydrogen) atoms. The molecule has 8 nitrogen and oxygen atoms in total. The Balaban J connectivity index is 1.81. The molecule has 10 heteroatoms. The number of thiophene rings is 1. The number of urea groups is 1. The summed E-state index contributed by atoms with van der Waals surface area (Å²) in [6.45, 7) is 1.92. The van der Waals surface area contributed by atoms with Gasteiger partial charge in [-0.05, 0) is 36.9 Å².